The van der Waals surface area contributed by atoms with Gasteiger partial charge in [0.1, 0.15) is 4.21 Å². The predicted molar refractivity (Wildman–Crippen MR) is 132 cm³/mol. The van der Waals surface area contributed by atoms with Gasteiger partial charge in [0.05, 0.1) is 23.7 Å². The van der Waals surface area contributed by atoms with Gasteiger partial charge in [-0.25, -0.2) is 18.1 Å². The van der Waals surface area contributed by atoms with Crippen LogP contribution in [0.2, 0.25) is 0 Å². The first-order valence-electron chi connectivity index (χ1n) is 11.0. The molecule has 1 fully saturated rings. The topological polar surface area (TPSA) is 88.4 Å². The molecule has 0 saturated carbocycles. The number of nitrogens with zero attached hydrogens (tertiary/aromatic N) is 5. The van der Waals surface area contributed by atoms with Crippen LogP contribution in [0, 0.1) is 13.8 Å². The van der Waals surface area contributed by atoms with Crippen LogP contribution in [0.4, 0.5) is 0 Å². The van der Waals surface area contributed by atoms with E-state index in [0.717, 1.165) is 11.3 Å². The van der Waals surface area contributed by atoms with Gasteiger partial charge in [-0.05, 0) is 36.9 Å². The summed E-state index contributed by atoms with van der Waals surface area (Å²) in [6.07, 6.45) is 1.70. The van der Waals surface area contributed by atoms with Crippen LogP contribution in [-0.4, -0.2) is 64.5 Å². The molecule has 0 N–H and O–H groups in total. The SMILES string of the molecule is Cc1ccc(Cn2ncc3c(C(=O)N4CCN(S(=O)(=O)c5cccs5)CC4)cc(C)nc32)cc1. The maximum absolute atomic E-state index is 13.5. The largest absolute Gasteiger partial charge is 0.336 e. The molecule has 176 valence electrons. The summed E-state index contributed by atoms with van der Waals surface area (Å²) in [6.45, 7) is 5.69. The summed E-state index contributed by atoms with van der Waals surface area (Å²) in [6, 6.07) is 13.4. The zero-order valence-electron chi connectivity index (χ0n) is 19.0. The standard InChI is InChI=1S/C24H25N5O3S2/c1-17-5-7-19(8-6-17)16-29-23-21(15-25-29)20(14-18(2)26-23)24(30)27-9-11-28(12-10-27)34(31,32)22-4-3-13-33-22/h3-8,13-15H,9-12,16H2,1-2H3. The lowest BCUT2D eigenvalue weighted by molar-refractivity contribution is 0.0700. The van der Waals surface area contributed by atoms with Crippen LogP contribution in [0.1, 0.15) is 27.2 Å². The van der Waals surface area contributed by atoms with Crippen LogP contribution in [0.5, 0.6) is 0 Å². The Hall–Kier alpha value is -3.08. The number of hydrogen-bond acceptors (Lipinski definition) is 6. The van der Waals surface area contributed by atoms with Gasteiger partial charge in [-0.1, -0.05) is 35.9 Å². The van der Waals surface area contributed by atoms with Crippen LogP contribution < -0.4 is 0 Å². The van der Waals surface area contributed by atoms with E-state index < -0.39 is 10.0 Å². The normalized spacial score (nSPS) is 15.2. The zero-order chi connectivity index (χ0) is 23.9. The Morgan fingerprint density at radius 3 is 2.47 bits per heavy atom. The van der Waals surface area contributed by atoms with Gasteiger partial charge < -0.3 is 4.90 Å². The number of aryl methyl sites for hydroxylation is 2. The smallest absolute Gasteiger partial charge is 0.254 e. The minimum absolute atomic E-state index is 0.126. The van der Waals surface area contributed by atoms with Gasteiger partial charge in [-0.3, -0.25) is 4.79 Å². The molecule has 0 radical (unpaired) electrons. The van der Waals surface area contributed by atoms with Gasteiger partial charge in [0.15, 0.2) is 5.65 Å². The summed E-state index contributed by atoms with van der Waals surface area (Å²) < 4.78 is 29.2. The van der Waals surface area contributed by atoms with E-state index in [0.29, 0.717) is 40.4 Å². The minimum atomic E-state index is -3.51. The summed E-state index contributed by atoms with van der Waals surface area (Å²) in [5.41, 5.74) is 4.25. The molecule has 1 aliphatic rings. The fourth-order valence-corrected chi connectivity index (χ4v) is 6.74. The van der Waals surface area contributed by atoms with Gasteiger partial charge in [-0.15, -0.1) is 11.3 Å². The second-order valence-electron chi connectivity index (χ2n) is 8.46. The number of rotatable bonds is 5. The quantitative estimate of drug-likeness (QED) is 0.424. The molecule has 5 rings (SSSR count). The third-order valence-corrected chi connectivity index (χ3v) is 9.31. The van der Waals surface area contributed by atoms with Gasteiger partial charge >= 0.3 is 0 Å². The molecule has 0 bridgehead atoms. The first-order chi connectivity index (χ1) is 16.3. The van der Waals surface area contributed by atoms with E-state index in [-0.39, 0.29) is 19.0 Å². The number of sulfonamides is 1. The Kier molecular flexibility index (Phi) is 5.97. The van der Waals surface area contributed by atoms with E-state index in [4.69, 9.17) is 0 Å². The van der Waals surface area contributed by atoms with Crippen molar-refractivity contribution >= 4 is 38.3 Å². The number of thiophene rings is 1. The van der Waals surface area contributed by atoms with E-state index in [1.807, 2.05) is 18.5 Å². The summed E-state index contributed by atoms with van der Waals surface area (Å²) in [5.74, 6) is -0.126. The number of piperazine rings is 1. The highest BCUT2D eigenvalue weighted by Crippen LogP contribution is 2.24. The van der Waals surface area contributed by atoms with E-state index >= 15 is 0 Å². The molecule has 8 nitrogen and oxygen atoms in total. The third-order valence-electron chi connectivity index (χ3n) is 6.04. The lowest BCUT2D eigenvalue weighted by atomic mass is 10.1. The average molecular weight is 496 g/mol. The number of pyridine rings is 1. The first-order valence-corrected chi connectivity index (χ1v) is 13.4. The predicted octanol–water partition coefficient (Wildman–Crippen LogP) is 3.30. The maximum Gasteiger partial charge on any atom is 0.254 e. The van der Waals surface area contributed by atoms with Crippen LogP contribution in [0.25, 0.3) is 11.0 Å². The number of fused-ring (bicyclic) bond motifs is 1. The Bertz CT molecular complexity index is 1440. The molecule has 1 aromatic carbocycles. The molecule has 3 aromatic heterocycles. The fourth-order valence-electron chi connectivity index (χ4n) is 4.17. The van der Waals surface area contributed by atoms with Crippen molar-refractivity contribution in [3.05, 3.63) is 76.4 Å². The molecule has 34 heavy (non-hydrogen) atoms. The highest BCUT2D eigenvalue weighted by molar-refractivity contribution is 7.91. The second-order valence-corrected chi connectivity index (χ2v) is 11.6. The van der Waals surface area contributed by atoms with Crippen molar-refractivity contribution in [1.29, 1.82) is 0 Å². The summed E-state index contributed by atoms with van der Waals surface area (Å²) >= 11 is 1.21. The lowest BCUT2D eigenvalue weighted by Crippen LogP contribution is -2.50. The molecule has 1 aliphatic heterocycles. The summed E-state index contributed by atoms with van der Waals surface area (Å²) in [4.78, 5) is 19.8. The van der Waals surface area contributed by atoms with E-state index in [2.05, 4.69) is 34.3 Å². The third kappa shape index (κ3) is 4.24. The van der Waals surface area contributed by atoms with Gasteiger partial charge in [0.25, 0.3) is 15.9 Å². The molecule has 1 saturated heterocycles. The van der Waals surface area contributed by atoms with Crippen molar-refractivity contribution in [3.8, 4) is 0 Å². The van der Waals surface area contributed by atoms with Crippen LogP contribution in [0.3, 0.4) is 0 Å². The zero-order valence-corrected chi connectivity index (χ0v) is 20.6. The second kappa shape index (κ2) is 8.94. The Morgan fingerprint density at radius 2 is 1.79 bits per heavy atom. The molecular formula is C24H25N5O3S2. The van der Waals surface area contributed by atoms with Crippen molar-refractivity contribution in [3.63, 3.8) is 0 Å². The number of hydrogen-bond donors (Lipinski definition) is 0. The molecule has 10 heteroatoms. The number of aromatic nitrogens is 3. The van der Waals surface area contributed by atoms with E-state index in [9.17, 15) is 13.2 Å². The Labute approximate surface area is 202 Å². The van der Waals surface area contributed by atoms with Gasteiger partial charge in [0, 0.05) is 31.9 Å². The highest BCUT2D eigenvalue weighted by Gasteiger charge is 2.31. The molecule has 0 spiro atoms. The Morgan fingerprint density at radius 1 is 1.06 bits per heavy atom. The molecule has 0 unspecified atom stereocenters. The van der Waals surface area contributed by atoms with Crippen LogP contribution in [-0.2, 0) is 16.6 Å². The molecule has 1 amide bonds. The van der Waals surface area contributed by atoms with Crippen molar-refractivity contribution in [2.45, 2.75) is 24.6 Å². The Balaban J connectivity index is 1.36. The lowest BCUT2D eigenvalue weighted by Gasteiger charge is -2.33. The van der Waals surface area contributed by atoms with Crippen molar-refractivity contribution in [2.24, 2.45) is 0 Å². The molecule has 0 atom stereocenters. The number of amides is 1. The fraction of sp³-hybridized carbons (Fsp3) is 0.292. The number of carbonyl (C=O) groups is 1. The van der Waals surface area contributed by atoms with Crippen LogP contribution in [0.15, 0.2) is 58.3 Å². The summed E-state index contributed by atoms with van der Waals surface area (Å²) in [7, 11) is -3.51. The average Bonchev–Trinajstić information content (AvgIpc) is 3.51. The van der Waals surface area contributed by atoms with Crippen molar-refractivity contribution in [2.75, 3.05) is 26.2 Å². The van der Waals surface area contributed by atoms with Crippen LogP contribution >= 0.6 is 11.3 Å². The van der Waals surface area contributed by atoms with E-state index in [1.54, 1.807) is 34.7 Å². The monoisotopic (exact) mass is 495 g/mol. The number of carbonyl (C=O) groups excluding carboxylic acids is 1. The van der Waals surface area contributed by atoms with Gasteiger partial charge in [-0.2, -0.15) is 9.40 Å². The van der Waals surface area contributed by atoms with Crippen molar-refractivity contribution in [1.82, 2.24) is 24.0 Å². The first kappa shape index (κ1) is 22.7. The van der Waals surface area contributed by atoms with Gasteiger partial charge in [0.2, 0.25) is 0 Å². The van der Waals surface area contributed by atoms with Crippen molar-refractivity contribution < 1.29 is 13.2 Å². The highest BCUT2D eigenvalue weighted by atomic mass is 32.2. The molecule has 0 aliphatic carbocycles. The summed E-state index contributed by atoms with van der Waals surface area (Å²) in [5, 5.41) is 6.97. The molecule has 4 aromatic rings. The molecular weight excluding hydrogens is 470 g/mol. The molecule has 4 heterocycles. The number of benzene rings is 1. The maximum atomic E-state index is 13.5. The minimum Gasteiger partial charge on any atom is -0.336 e. The van der Waals surface area contributed by atoms with E-state index in [1.165, 1.54) is 21.2 Å².